The largest absolute Gasteiger partial charge is 0.416 e. The zero-order chi connectivity index (χ0) is 20.5. The van der Waals surface area contributed by atoms with Crippen LogP contribution in [-0.2, 0) is 11.8 Å². The summed E-state index contributed by atoms with van der Waals surface area (Å²) in [6.45, 7) is 2.55. The predicted molar refractivity (Wildman–Crippen MR) is 106 cm³/mol. The number of amides is 1. The van der Waals surface area contributed by atoms with Crippen molar-refractivity contribution >= 4 is 23.0 Å². The van der Waals surface area contributed by atoms with Gasteiger partial charge in [0.1, 0.15) is 6.04 Å². The molecule has 0 radical (unpaired) electrons. The van der Waals surface area contributed by atoms with Crippen LogP contribution in [0.1, 0.15) is 59.5 Å². The number of H-pyrrole nitrogens is 1. The molecule has 0 aromatic carbocycles. The smallest absolute Gasteiger partial charge is 0.312 e. The molecule has 1 fully saturated rings. The van der Waals surface area contributed by atoms with Crippen molar-refractivity contribution in [2.75, 3.05) is 6.54 Å². The number of carbonyl (C=O) groups is 1. The van der Waals surface area contributed by atoms with E-state index in [1.54, 1.807) is 15.7 Å². The lowest BCUT2D eigenvalue weighted by atomic mass is 9.99. The summed E-state index contributed by atoms with van der Waals surface area (Å²) in [4.78, 5) is 22.8. The Morgan fingerprint density at radius 3 is 3.03 bits per heavy atom. The minimum atomic E-state index is -0.477. The van der Waals surface area contributed by atoms with Crippen molar-refractivity contribution in [3.63, 3.8) is 0 Å². The van der Waals surface area contributed by atoms with Crippen molar-refractivity contribution in [1.82, 2.24) is 34.7 Å². The van der Waals surface area contributed by atoms with Crippen LogP contribution in [-0.4, -0.2) is 47.1 Å². The number of fused-ring (bicyclic) bond motifs is 2. The highest BCUT2D eigenvalue weighted by molar-refractivity contribution is 6.33. The van der Waals surface area contributed by atoms with E-state index in [2.05, 4.69) is 32.2 Å². The van der Waals surface area contributed by atoms with Crippen LogP contribution < -0.4 is 0 Å². The number of hydrogen-bond donors (Lipinski definition) is 1. The van der Waals surface area contributed by atoms with E-state index < -0.39 is 6.04 Å². The second-order valence-corrected chi connectivity index (χ2v) is 8.55. The molecule has 1 unspecified atom stereocenters. The molecular weight excluding hydrogens is 406 g/mol. The Labute approximate surface area is 176 Å². The van der Waals surface area contributed by atoms with Crippen molar-refractivity contribution in [3.05, 3.63) is 64.6 Å². The highest BCUT2D eigenvalue weighted by Crippen LogP contribution is 2.47. The summed E-state index contributed by atoms with van der Waals surface area (Å²) < 4.78 is 7.48. The van der Waals surface area contributed by atoms with Crippen LogP contribution in [0.25, 0.3) is 5.52 Å². The number of hydrogen-bond acceptors (Lipinski definition) is 6. The molecule has 1 amide bonds. The standard InChI is InChI=1S/C20H18ClN7O2/c1-20(5-6-20)19-25-24-17(30-19)18(29)27-8-4-12-15(23-10-22-12)16(27)13-9-14-11(21)3-2-7-28(14)26-13/h2-3,7,9-10,16H,4-6,8H2,1H3,(H,22,23). The number of carbonyl (C=O) groups excluding carboxylic acids is 1. The molecule has 1 saturated carbocycles. The SMILES string of the molecule is CC1(c2nnc(C(=O)N3CCc4[nH]cnc4C3c3cc4c(Cl)cccn4n3)o2)CC1. The van der Waals surface area contributed by atoms with Gasteiger partial charge in [-0.2, -0.15) is 5.10 Å². The van der Waals surface area contributed by atoms with Gasteiger partial charge in [0.05, 0.1) is 28.3 Å². The minimum Gasteiger partial charge on any atom is -0.416 e. The number of aromatic amines is 1. The van der Waals surface area contributed by atoms with Gasteiger partial charge in [-0.15, -0.1) is 10.2 Å². The van der Waals surface area contributed by atoms with E-state index in [4.69, 9.17) is 16.0 Å². The first-order valence-electron chi connectivity index (χ1n) is 9.84. The molecule has 5 heterocycles. The summed E-state index contributed by atoms with van der Waals surface area (Å²) in [5.74, 6) is 0.211. The third-order valence-corrected chi connectivity index (χ3v) is 6.38. The van der Waals surface area contributed by atoms with Gasteiger partial charge < -0.3 is 14.3 Å². The Kier molecular flexibility index (Phi) is 3.62. The molecule has 9 nitrogen and oxygen atoms in total. The lowest BCUT2D eigenvalue weighted by molar-refractivity contribution is 0.0643. The molecule has 0 spiro atoms. The van der Waals surface area contributed by atoms with Crippen molar-refractivity contribution in [1.29, 1.82) is 0 Å². The van der Waals surface area contributed by atoms with E-state index in [-0.39, 0.29) is 17.2 Å². The quantitative estimate of drug-likeness (QED) is 0.543. The topological polar surface area (TPSA) is 105 Å². The monoisotopic (exact) mass is 423 g/mol. The highest BCUT2D eigenvalue weighted by Gasteiger charge is 2.45. The molecule has 1 N–H and O–H groups in total. The third-order valence-electron chi connectivity index (χ3n) is 6.06. The van der Waals surface area contributed by atoms with Gasteiger partial charge in [-0.05, 0) is 31.0 Å². The van der Waals surface area contributed by atoms with Crippen LogP contribution in [0.2, 0.25) is 5.02 Å². The van der Waals surface area contributed by atoms with Crippen LogP contribution in [0.5, 0.6) is 0 Å². The fourth-order valence-corrected chi connectivity index (χ4v) is 4.22. The lowest BCUT2D eigenvalue weighted by Crippen LogP contribution is -2.41. The van der Waals surface area contributed by atoms with E-state index in [9.17, 15) is 4.79 Å². The second-order valence-electron chi connectivity index (χ2n) is 8.15. The maximum absolute atomic E-state index is 13.4. The number of nitrogens with one attached hydrogen (secondary N) is 1. The number of halogens is 1. The molecule has 1 aliphatic heterocycles. The highest BCUT2D eigenvalue weighted by atomic mass is 35.5. The summed E-state index contributed by atoms with van der Waals surface area (Å²) in [6, 6.07) is 5.05. The van der Waals surface area contributed by atoms with E-state index in [1.165, 1.54) is 0 Å². The third kappa shape index (κ3) is 2.58. The molecule has 0 saturated heterocycles. The molecule has 4 aromatic rings. The van der Waals surface area contributed by atoms with Gasteiger partial charge in [0.25, 0.3) is 0 Å². The average molecular weight is 424 g/mol. The van der Waals surface area contributed by atoms with Gasteiger partial charge in [-0.1, -0.05) is 18.5 Å². The van der Waals surface area contributed by atoms with Crippen LogP contribution in [0.4, 0.5) is 0 Å². The summed E-state index contributed by atoms with van der Waals surface area (Å²) in [7, 11) is 0. The van der Waals surface area contributed by atoms with Gasteiger partial charge >= 0.3 is 11.8 Å². The number of aromatic nitrogens is 6. The first-order chi connectivity index (χ1) is 14.5. The maximum atomic E-state index is 13.4. The van der Waals surface area contributed by atoms with Gasteiger partial charge in [-0.25, -0.2) is 9.50 Å². The Morgan fingerprint density at radius 1 is 1.37 bits per heavy atom. The van der Waals surface area contributed by atoms with E-state index >= 15 is 0 Å². The van der Waals surface area contributed by atoms with Crippen LogP contribution >= 0.6 is 11.6 Å². The predicted octanol–water partition coefficient (Wildman–Crippen LogP) is 2.93. The lowest BCUT2D eigenvalue weighted by Gasteiger charge is -2.32. The first-order valence-corrected chi connectivity index (χ1v) is 10.2. The van der Waals surface area contributed by atoms with Gasteiger partial charge in [-0.3, -0.25) is 4.79 Å². The fraction of sp³-hybridized carbons (Fsp3) is 0.350. The van der Waals surface area contributed by atoms with Crippen molar-refractivity contribution in [2.24, 2.45) is 0 Å². The van der Waals surface area contributed by atoms with Crippen LogP contribution in [0, 0.1) is 0 Å². The van der Waals surface area contributed by atoms with E-state index in [0.29, 0.717) is 29.6 Å². The Hall–Kier alpha value is -3.20. The van der Waals surface area contributed by atoms with Crippen molar-refractivity contribution in [3.8, 4) is 0 Å². The molecule has 1 aliphatic carbocycles. The molecule has 2 aliphatic rings. The maximum Gasteiger partial charge on any atom is 0.312 e. The molecule has 1 atom stereocenters. The summed E-state index contributed by atoms with van der Waals surface area (Å²) in [6.07, 6.45) is 6.12. The van der Waals surface area contributed by atoms with Crippen LogP contribution in [0.15, 0.2) is 35.1 Å². The Morgan fingerprint density at radius 2 is 2.23 bits per heavy atom. The molecule has 6 rings (SSSR count). The molecule has 0 bridgehead atoms. The number of imidazole rings is 1. The zero-order valence-electron chi connectivity index (χ0n) is 16.2. The van der Waals surface area contributed by atoms with E-state index in [0.717, 1.165) is 29.7 Å². The summed E-state index contributed by atoms with van der Waals surface area (Å²) >= 11 is 6.34. The number of nitrogens with zero attached hydrogens (tertiary/aromatic N) is 6. The normalized spacial score (nSPS) is 19.8. The van der Waals surface area contributed by atoms with Gasteiger partial charge in [0, 0.05) is 30.3 Å². The summed E-state index contributed by atoms with van der Waals surface area (Å²) in [5, 5.41) is 13.4. The first kappa shape index (κ1) is 17.6. The Balaban J connectivity index is 1.43. The van der Waals surface area contributed by atoms with Crippen LogP contribution in [0.3, 0.4) is 0 Å². The van der Waals surface area contributed by atoms with E-state index in [1.807, 2.05) is 24.4 Å². The molecule has 4 aromatic heterocycles. The molecule has 30 heavy (non-hydrogen) atoms. The Bertz CT molecular complexity index is 1290. The minimum absolute atomic E-state index is 0.00362. The summed E-state index contributed by atoms with van der Waals surface area (Å²) in [5.41, 5.74) is 3.11. The number of pyridine rings is 1. The van der Waals surface area contributed by atoms with Crippen molar-refractivity contribution < 1.29 is 9.21 Å². The molecular formula is C20H18ClN7O2. The van der Waals surface area contributed by atoms with Gasteiger partial charge in [0.15, 0.2) is 0 Å². The molecule has 10 heteroatoms. The van der Waals surface area contributed by atoms with Gasteiger partial charge in [0.2, 0.25) is 5.89 Å². The molecule has 152 valence electrons. The second kappa shape index (κ2) is 6.15. The average Bonchev–Trinajstić information content (AvgIpc) is 3.21. The number of rotatable bonds is 3. The zero-order valence-corrected chi connectivity index (χ0v) is 16.9. The fourth-order valence-electron chi connectivity index (χ4n) is 4.01. The van der Waals surface area contributed by atoms with Crippen molar-refractivity contribution in [2.45, 2.75) is 37.6 Å².